The van der Waals surface area contributed by atoms with Crippen molar-refractivity contribution in [3.63, 3.8) is 0 Å². The van der Waals surface area contributed by atoms with Gasteiger partial charge in [-0.05, 0) is 19.1 Å². The number of thiazole rings is 1. The number of anilines is 2. The molecule has 0 bridgehead atoms. The number of hydrogen-bond donors (Lipinski definition) is 3. The second-order valence-corrected chi connectivity index (χ2v) is 5.15. The van der Waals surface area contributed by atoms with Gasteiger partial charge < -0.3 is 16.8 Å². The van der Waals surface area contributed by atoms with Gasteiger partial charge >= 0.3 is 0 Å². The van der Waals surface area contributed by atoms with Gasteiger partial charge in [-0.3, -0.25) is 4.79 Å². The van der Waals surface area contributed by atoms with Gasteiger partial charge in [-0.15, -0.1) is 11.3 Å². The number of aryl methyl sites for hydroxylation is 1. The molecule has 1 aromatic carbocycles. The van der Waals surface area contributed by atoms with Crippen LogP contribution in [0.4, 0.5) is 11.4 Å². The zero-order chi connectivity index (χ0) is 13.1. The molecular weight excluding hydrogens is 248 g/mol. The highest BCUT2D eigenvalue weighted by molar-refractivity contribution is 7.11. The number of nitrogens with one attached hydrogen (secondary N) is 1. The summed E-state index contributed by atoms with van der Waals surface area (Å²) in [6.45, 7) is 2.58. The first-order valence-corrected chi connectivity index (χ1v) is 6.23. The third kappa shape index (κ3) is 2.60. The molecule has 0 spiro atoms. The lowest BCUT2D eigenvalue weighted by Crippen LogP contribution is -2.14. The first kappa shape index (κ1) is 12.4. The van der Waals surface area contributed by atoms with Crippen LogP contribution >= 0.6 is 11.3 Å². The van der Waals surface area contributed by atoms with E-state index in [9.17, 15) is 4.79 Å². The van der Waals surface area contributed by atoms with E-state index in [0.29, 0.717) is 23.5 Å². The lowest BCUT2D eigenvalue weighted by Gasteiger charge is -2.10. The molecule has 0 atom stereocenters. The molecule has 0 unspecified atom stereocenters. The molecule has 1 heterocycles. The van der Waals surface area contributed by atoms with Crippen LogP contribution in [0.15, 0.2) is 24.4 Å². The van der Waals surface area contributed by atoms with E-state index in [0.717, 1.165) is 9.88 Å². The number of aromatic nitrogens is 1. The van der Waals surface area contributed by atoms with Gasteiger partial charge in [0.05, 0.1) is 28.5 Å². The van der Waals surface area contributed by atoms with E-state index in [1.807, 2.05) is 19.2 Å². The molecule has 1 amide bonds. The molecule has 2 aromatic rings. The van der Waals surface area contributed by atoms with Gasteiger partial charge in [0.1, 0.15) is 0 Å². The van der Waals surface area contributed by atoms with Gasteiger partial charge in [0.2, 0.25) is 0 Å². The maximum absolute atomic E-state index is 11.2. The van der Waals surface area contributed by atoms with E-state index in [1.165, 1.54) is 0 Å². The fourth-order valence-electron chi connectivity index (χ4n) is 1.60. The summed E-state index contributed by atoms with van der Waals surface area (Å²) in [6.07, 6.45) is 1.82. The fourth-order valence-corrected chi connectivity index (χ4v) is 2.34. The van der Waals surface area contributed by atoms with Gasteiger partial charge in [-0.2, -0.15) is 0 Å². The Morgan fingerprint density at radius 2 is 2.28 bits per heavy atom. The van der Waals surface area contributed by atoms with Crippen molar-refractivity contribution in [2.24, 2.45) is 5.73 Å². The number of primary amides is 1. The summed E-state index contributed by atoms with van der Waals surface area (Å²) < 4.78 is 0. The van der Waals surface area contributed by atoms with Crippen molar-refractivity contribution in [2.45, 2.75) is 13.5 Å². The number of rotatable bonds is 4. The largest absolute Gasteiger partial charge is 0.396 e. The maximum atomic E-state index is 11.2. The van der Waals surface area contributed by atoms with Crippen molar-refractivity contribution in [2.75, 3.05) is 11.1 Å². The second-order valence-electron chi connectivity index (χ2n) is 3.83. The smallest absolute Gasteiger partial charge is 0.250 e. The van der Waals surface area contributed by atoms with Gasteiger partial charge in [-0.1, -0.05) is 6.07 Å². The van der Waals surface area contributed by atoms with Crippen LogP contribution in [0.2, 0.25) is 0 Å². The monoisotopic (exact) mass is 262 g/mol. The standard InChI is InChI=1S/C12H14N4OS/c1-7-15-5-8(18-7)6-16-10-4-2-3-9(11(10)13)12(14)17/h2-5,16H,6,13H2,1H3,(H2,14,17). The Morgan fingerprint density at radius 3 is 2.89 bits per heavy atom. The molecule has 0 aliphatic rings. The zero-order valence-corrected chi connectivity index (χ0v) is 10.8. The van der Waals surface area contributed by atoms with E-state index >= 15 is 0 Å². The highest BCUT2D eigenvalue weighted by Gasteiger charge is 2.09. The maximum Gasteiger partial charge on any atom is 0.250 e. The third-order valence-corrected chi connectivity index (χ3v) is 3.41. The van der Waals surface area contributed by atoms with Gasteiger partial charge in [0.25, 0.3) is 5.91 Å². The van der Waals surface area contributed by atoms with Crippen molar-refractivity contribution in [3.05, 3.63) is 39.8 Å². The summed E-state index contributed by atoms with van der Waals surface area (Å²) in [5.74, 6) is -0.523. The molecule has 2 rings (SSSR count). The van der Waals surface area contributed by atoms with E-state index in [2.05, 4.69) is 10.3 Å². The van der Waals surface area contributed by atoms with Crippen molar-refractivity contribution < 1.29 is 4.79 Å². The second kappa shape index (κ2) is 5.05. The number of nitrogen functional groups attached to an aromatic ring is 1. The first-order valence-electron chi connectivity index (χ1n) is 5.41. The number of amides is 1. The summed E-state index contributed by atoms with van der Waals surface area (Å²) in [4.78, 5) is 16.4. The first-order chi connectivity index (χ1) is 8.58. The normalized spacial score (nSPS) is 10.3. The molecule has 5 nitrogen and oxygen atoms in total. The molecule has 0 aliphatic heterocycles. The summed E-state index contributed by atoms with van der Waals surface area (Å²) in [5.41, 5.74) is 12.5. The minimum Gasteiger partial charge on any atom is -0.396 e. The predicted molar refractivity (Wildman–Crippen MR) is 73.6 cm³/mol. The highest BCUT2D eigenvalue weighted by Crippen LogP contribution is 2.23. The Balaban J connectivity index is 2.14. The van der Waals surface area contributed by atoms with E-state index in [4.69, 9.17) is 11.5 Å². The minimum atomic E-state index is -0.523. The summed E-state index contributed by atoms with van der Waals surface area (Å²) in [7, 11) is 0. The number of nitrogens with two attached hydrogens (primary N) is 2. The van der Waals surface area contributed by atoms with Crippen LogP contribution in [-0.4, -0.2) is 10.9 Å². The van der Waals surface area contributed by atoms with Gasteiger partial charge in [0, 0.05) is 11.1 Å². The molecular formula is C12H14N4OS. The average Bonchev–Trinajstić information content (AvgIpc) is 2.73. The lowest BCUT2D eigenvalue weighted by molar-refractivity contribution is 0.100. The fraction of sp³-hybridized carbons (Fsp3) is 0.167. The van der Waals surface area contributed by atoms with Gasteiger partial charge in [-0.25, -0.2) is 4.98 Å². The number of benzene rings is 1. The summed E-state index contributed by atoms with van der Waals surface area (Å²) in [6, 6.07) is 5.17. The van der Waals surface area contributed by atoms with E-state index < -0.39 is 5.91 Å². The molecule has 5 N–H and O–H groups in total. The molecule has 18 heavy (non-hydrogen) atoms. The highest BCUT2D eigenvalue weighted by atomic mass is 32.1. The van der Waals surface area contributed by atoms with Crippen LogP contribution in [0.25, 0.3) is 0 Å². The van der Waals surface area contributed by atoms with Crippen LogP contribution < -0.4 is 16.8 Å². The van der Waals surface area contributed by atoms with Gasteiger partial charge in [0.15, 0.2) is 0 Å². The van der Waals surface area contributed by atoms with Crippen LogP contribution in [0.1, 0.15) is 20.2 Å². The number of para-hydroxylation sites is 1. The molecule has 0 aliphatic carbocycles. The Bertz CT molecular complexity index is 579. The van der Waals surface area contributed by atoms with Crippen molar-refractivity contribution in [3.8, 4) is 0 Å². The Hall–Kier alpha value is -2.08. The Labute approximate surface area is 109 Å². The Kier molecular flexibility index (Phi) is 3.47. The predicted octanol–water partition coefficient (Wildman–Crippen LogP) is 1.74. The van der Waals surface area contributed by atoms with Crippen LogP contribution in [0, 0.1) is 6.92 Å². The Morgan fingerprint density at radius 1 is 1.50 bits per heavy atom. The molecule has 94 valence electrons. The zero-order valence-electron chi connectivity index (χ0n) is 9.93. The molecule has 0 saturated carbocycles. The average molecular weight is 262 g/mol. The van der Waals surface area contributed by atoms with Crippen LogP contribution in [0.5, 0.6) is 0 Å². The molecule has 0 fully saturated rings. The van der Waals surface area contributed by atoms with Crippen LogP contribution in [-0.2, 0) is 6.54 Å². The molecule has 0 radical (unpaired) electrons. The summed E-state index contributed by atoms with van der Waals surface area (Å²) in [5, 5.41) is 4.19. The number of hydrogen-bond acceptors (Lipinski definition) is 5. The minimum absolute atomic E-state index is 0.334. The number of carbonyl (C=O) groups excluding carboxylic acids is 1. The molecule has 0 saturated heterocycles. The quantitative estimate of drug-likeness (QED) is 0.731. The lowest BCUT2D eigenvalue weighted by atomic mass is 10.1. The van der Waals surface area contributed by atoms with E-state index in [-0.39, 0.29) is 0 Å². The molecule has 1 aromatic heterocycles. The molecule has 6 heteroatoms. The topological polar surface area (TPSA) is 94.0 Å². The number of carbonyl (C=O) groups is 1. The van der Waals surface area contributed by atoms with Crippen LogP contribution in [0.3, 0.4) is 0 Å². The third-order valence-electron chi connectivity index (χ3n) is 2.49. The van der Waals surface area contributed by atoms with Crippen molar-refractivity contribution in [1.29, 1.82) is 0 Å². The van der Waals surface area contributed by atoms with Crippen molar-refractivity contribution >= 4 is 28.6 Å². The number of nitrogens with zero attached hydrogens (tertiary/aromatic N) is 1. The SMILES string of the molecule is Cc1ncc(CNc2cccc(C(N)=O)c2N)s1. The van der Waals surface area contributed by atoms with E-state index in [1.54, 1.807) is 23.5 Å². The van der Waals surface area contributed by atoms with Crippen molar-refractivity contribution in [1.82, 2.24) is 4.98 Å². The summed E-state index contributed by atoms with van der Waals surface area (Å²) >= 11 is 1.62.